The molecule has 0 atom stereocenters. The van der Waals surface area contributed by atoms with Gasteiger partial charge in [0.05, 0.1) is 14.2 Å². The summed E-state index contributed by atoms with van der Waals surface area (Å²) in [7, 11) is 3.18. The van der Waals surface area contributed by atoms with Crippen LogP contribution in [0.4, 0.5) is 5.88 Å². The van der Waals surface area contributed by atoms with E-state index in [1.807, 2.05) is 42.5 Å². The fourth-order valence-corrected chi connectivity index (χ4v) is 2.69. The average Bonchev–Trinajstić information content (AvgIpc) is 3.15. The van der Waals surface area contributed by atoms with Gasteiger partial charge in [0.2, 0.25) is 17.5 Å². The van der Waals surface area contributed by atoms with Crippen molar-refractivity contribution in [2.24, 2.45) is 0 Å². The molecule has 1 heterocycles. The number of benzene rings is 2. The molecule has 0 spiro atoms. The molecule has 0 bridgehead atoms. The van der Waals surface area contributed by atoms with E-state index in [0.29, 0.717) is 29.8 Å². The van der Waals surface area contributed by atoms with Crippen LogP contribution in [0.5, 0.6) is 11.5 Å². The highest BCUT2D eigenvalue weighted by Gasteiger charge is 2.11. The summed E-state index contributed by atoms with van der Waals surface area (Å²) in [5.74, 6) is 2.03. The minimum Gasteiger partial charge on any atom is -0.493 e. The molecule has 0 saturated carbocycles. The van der Waals surface area contributed by atoms with Crippen LogP contribution in [0, 0.1) is 11.3 Å². The van der Waals surface area contributed by atoms with Gasteiger partial charge in [0.15, 0.2) is 11.5 Å². The van der Waals surface area contributed by atoms with E-state index >= 15 is 0 Å². The van der Waals surface area contributed by atoms with Gasteiger partial charge in [0.1, 0.15) is 6.07 Å². The molecule has 0 aliphatic rings. The Bertz CT molecular complexity index is 988. The molecule has 6 nitrogen and oxygen atoms in total. The van der Waals surface area contributed by atoms with Crippen LogP contribution in [0.2, 0.25) is 0 Å². The molecule has 3 aromatic rings. The number of ether oxygens (including phenoxy) is 2. The zero-order valence-corrected chi connectivity index (χ0v) is 15.8. The second-order valence-electron chi connectivity index (χ2n) is 5.95. The van der Waals surface area contributed by atoms with E-state index in [4.69, 9.17) is 13.9 Å². The standard InChI is InChI=1S/C22H21N3O3/c1-26-19-10-8-17(14-20(19)27-2)9-11-21-25-18(15-23)22(28-21)24-13-12-16-6-4-3-5-7-16/h3-11,14,24H,12-13H2,1-2H3. The normalized spacial score (nSPS) is 10.6. The maximum absolute atomic E-state index is 9.29. The van der Waals surface area contributed by atoms with Gasteiger partial charge in [-0.1, -0.05) is 36.4 Å². The number of aromatic nitrogens is 1. The summed E-state index contributed by atoms with van der Waals surface area (Å²) in [4.78, 5) is 4.21. The third kappa shape index (κ3) is 4.71. The highest BCUT2D eigenvalue weighted by Crippen LogP contribution is 2.28. The van der Waals surface area contributed by atoms with Gasteiger partial charge in [-0.2, -0.15) is 10.2 Å². The van der Waals surface area contributed by atoms with Crippen LogP contribution in [0.25, 0.3) is 12.2 Å². The monoisotopic (exact) mass is 375 g/mol. The van der Waals surface area contributed by atoms with Crippen LogP contribution in [-0.2, 0) is 6.42 Å². The highest BCUT2D eigenvalue weighted by atomic mass is 16.5. The number of rotatable bonds is 8. The number of nitriles is 1. The number of hydrogen-bond donors (Lipinski definition) is 1. The summed E-state index contributed by atoms with van der Waals surface area (Å²) in [5, 5.41) is 12.4. The molecular weight excluding hydrogens is 354 g/mol. The summed E-state index contributed by atoms with van der Waals surface area (Å²) in [6.07, 6.45) is 4.37. The van der Waals surface area contributed by atoms with Crippen molar-refractivity contribution in [2.75, 3.05) is 26.1 Å². The van der Waals surface area contributed by atoms with Crippen LogP contribution in [-0.4, -0.2) is 25.7 Å². The Balaban J connectivity index is 1.68. The Morgan fingerprint density at radius 3 is 2.57 bits per heavy atom. The van der Waals surface area contributed by atoms with Crippen LogP contribution in [0.1, 0.15) is 22.7 Å². The second-order valence-corrected chi connectivity index (χ2v) is 5.95. The fourth-order valence-electron chi connectivity index (χ4n) is 2.69. The highest BCUT2D eigenvalue weighted by molar-refractivity contribution is 5.68. The van der Waals surface area contributed by atoms with Crippen LogP contribution in [0.15, 0.2) is 52.9 Å². The summed E-state index contributed by atoms with van der Waals surface area (Å²) >= 11 is 0. The quantitative estimate of drug-likeness (QED) is 0.629. The minimum absolute atomic E-state index is 0.236. The first-order valence-electron chi connectivity index (χ1n) is 8.82. The second kappa shape index (κ2) is 9.28. The van der Waals surface area contributed by atoms with Crippen molar-refractivity contribution in [3.63, 3.8) is 0 Å². The molecule has 0 aliphatic carbocycles. The van der Waals surface area contributed by atoms with Gasteiger partial charge < -0.3 is 19.2 Å². The summed E-state index contributed by atoms with van der Waals surface area (Å²) < 4.78 is 16.2. The molecule has 0 radical (unpaired) electrons. The van der Waals surface area contributed by atoms with E-state index in [9.17, 15) is 5.26 Å². The lowest BCUT2D eigenvalue weighted by Crippen LogP contribution is -2.05. The maximum atomic E-state index is 9.29. The van der Waals surface area contributed by atoms with Crippen LogP contribution in [0.3, 0.4) is 0 Å². The van der Waals surface area contributed by atoms with Gasteiger partial charge in [-0.25, -0.2) is 0 Å². The molecule has 1 N–H and O–H groups in total. The molecule has 0 amide bonds. The number of nitrogens with one attached hydrogen (secondary N) is 1. The van der Waals surface area contributed by atoms with E-state index in [0.717, 1.165) is 12.0 Å². The number of oxazole rings is 1. The Morgan fingerprint density at radius 1 is 1.07 bits per heavy atom. The lowest BCUT2D eigenvalue weighted by molar-refractivity contribution is 0.355. The lowest BCUT2D eigenvalue weighted by Gasteiger charge is -2.07. The van der Waals surface area contributed by atoms with E-state index in [-0.39, 0.29) is 5.69 Å². The lowest BCUT2D eigenvalue weighted by atomic mass is 10.1. The molecule has 3 rings (SSSR count). The predicted octanol–water partition coefficient (Wildman–Crippen LogP) is 4.39. The van der Waals surface area contributed by atoms with E-state index in [1.165, 1.54) is 5.56 Å². The SMILES string of the molecule is COc1ccc(C=Cc2nc(C#N)c(NCCc3ccccc3)o2)cc1OC. The summed E-state index contributed by atoms with van der Waals surface area (Å²) in [6.45, 7) is 0.646. The largest absolute Gasteiger partial charge is 0.493 e. The first-order valence-corrected chi connectivity index (χ1v) is 8.82. The topological polar surface area (TPSA) is 80.3 Å². The number of nitrogens with zero attached hydrogens (tertiary/aromatic N) is 2. The third-order valence-corrected chi connectivity index (χ3v) is 4.12. The van der Waals surface area contributed by atoms with Gasteiger partial charge in [0.25, 0.3) is 0 Å². The molecular formula is C22H21N3O3. The van der Waals surface area contributed by atoms with Gasteiger partial charge in [-0.05, 0) is 35.8 Å². The van der Waals surface area contributed by atoms with Crippen LogP contribution >= 0.6 is 0 Å². The molecule has 2 aromatic carbocycles. The first kappa shape index (κ1) is 19.1. The molecule has 6 heteroatoms. The third-order valence-electron chi connectivity index (χ3n) is 4.12. The van der Waals surface area contributed by atoms with E-state index in [1.54, 1.807) is 20.3 Å². The number of methoxy groups -OCH3 is 2. The van der Waals surface area contributed by atoms with Gasteiger partial charge in [-0.3, -0.25) is 0 Å². The van der Waals surface area contributed by atoms with Gasteiger partial charge in [-0.15, -0.1) is 0 Å². The Morgan fingerprint density at radius 2 is 1.86 bits per heavy atom. The first-order chi connectivity index (χ1) is 13.7. The van der Waals surface area contributed by atoms with E-state index < -0.39 is 0 Å². The molecule has 1 aromatic heterocycles. The summed E-state index contributed by atoms with van der Waals surface area (Å²) in [6, 6.07) is 17.7. The Labute approximate surface area is 164 Å². The minimum atomic E-state index is 0.236. The summed E-state index contributed by atoms with van der Waals surface area (Å²) in [5.41, 5.74) is 2.34. The molecule has 142 valence electrons. The van der Waals surface area contributed by atoms with Gasteiger partial charge in [0, 0.05) is 12.6 Å². The van der Waals surface area contributed by atoms with Crippen molar-refractivity contribution in [3.05, 3.63) is 71.2 Å². The van der Waals surface area contributed by atoms with Gasteiger partial charge >= 0.3 is 0 Å². The van der Waals surface area contributed by atoms with Crippen LogP contribution < -0.4 is 14.8 Å². The van der Waals surface area contributed by atoms with Crippen molar-refractivity contribution < 1.29 is 13.9 Å². The smallest absolute Gasteiger partial charge is 0.232 e. The van der Waals surface area contributed by atoms with E-state index in [2.05, 4.69) is 28.5 Å². The average molecular weight is 375 g/mol. The maximum Gasteiger partial charge on any atom is 0.232 e. The molecule has 0 fully saturated rings. The zero-order chi connectivity index (χ0) is 19.8. The van der Waals surface area contributed by atoms with Crippen molar-refractivity contribution >= 4 is 18.0 Å². The predicted molar refractivity (Wildman–Crippen MR) is 108 cm³/mol. The van der Waals surface area contributed by atoms with Crippen molar-refractivity contribution in [3.8, 4) is 17.6 Å². The van der Waals surface area contributed by atoms with Crippen molar-refractivity contribution in [2.45, 2.75) is 6.42 Å². The fraction of sp³-hybridized carbons (Fsp3) is 0.182. The Kier molecular flexibility index (Phi) is 6.32. The molecule has 0 aliphatic heterocycles. The zero-order valence-electron chi connectivity index (χ0n) is 15.8. The number of anilines is 1. The number of hydrogen-bond acceptors (Lipinski definition) is 6. The molecule has 0 saturated heterocycles. The van der Waals surface area contributed by atoms with Crippen molar-refractivity contribution in [1.82, 2.24) is 4.98 Å². The molecule has 0 unspecified atom stereocenters. The molecule has 28 heavy (non-hydrogen) atoms. The van der Waals surface area contributed by atoms with Crippen molar-refractivity contribution in [1.29, 1.82) is 5.26 Å². The Hall–Kier alpha value is -3.72.